The first kappa shape index (κ1) is 26.1. The molecule has 0 spiro atoms. The number of amides is 2. The Kier molecular flexibility index (Phi) is 7.91. The van der Waals surface area contributed by atoms with Crippen molar-refractivity contribution in [2.45, 2.75) is 38.6 Å². The van der Waals surface area contributed by atoms with Gasteiger partial charge in [0.1, 0.15) is 0 Å². The first-order valence-electron chi connectivity index (χ1n) is 12.0. The maximum atomic E-state index is 13.1. The summed E-state index contributed by atoms with van der Waals surface area (Å²) in [6.07, 6.45) is 0.469. The van der Waals surface area contributed by atoms with E-state index < -0.39 is 22.0 Å². The lowest BCUT2D eigenvalue weighted by molar-refractivity contribution is 0.0933. The molecule has 1 aromatic heterocycles. The van der Waals surface area contributed by atoms with Gasteiger partial charge in [-0.1, -0.05) is 24.3 Å². The summed E-state index contributed by atoms with van der Waals surface area (Å²) in [6.45, 7) is 7.74. The van der Waals surface area contributed by atoms with Crippen LogP contribution in [0.5, 0.6) is 0 Å². The SMILES string of the molecule is CCCn1c(=NC(=O)c2ccc(S(=O)(=O)N3CCN(C(=O)OCC)CC3)cc2)sc2cc(C)ccc21. The summed E-state index contributed by atoms with van der Waals surface area (Å²) in [5.74, 6) is -0.421. The molecule has 9 nitrogen and oxygen atoms in total. The van der Waals surface area contributed by atoms with E-state index in [2.05, 4.69) is 18.0 Å². The summed E-state index contributed by atoms with van der Waals surface area (Å²) in [7, 11) is -3.75. The van der Waals surface area contributed by atoms with Gasteiger partial charge < -0.3 is 14.2 Å². The van der Waals surface area contributed by atoms with Crippen molar-refractivity contribution < 1.29 is 22.7 Å². The number of hydrogen-bond acceptors (Lipinski definition) is 6. The molecule has 2 aromatic carbocycles. The van der Waals surface area contributed by atoms with E-state index in [0.29, 0.717) is 10.4 Å². The summed E-state index contributed by atoms with van der Waals surface area (Å²) in [5, 5.41) is 0. The molecule has 1 saturated heterocycles. The Hall–Kier alpha value is -3.02. The Balaban J connectivity index is 1.53. The minimum absolute atomic E-state index is 0.0991. The third kappa shape index (κ3) is 5.37. The van der Waals surface area contributed by atoms with Crippen LogP contribution in [0.2, 0.25) is 0 Å². The van der Waals surface area contributed by atoms with Crippen LogP contribution in [0.15, 0.2) is 52.4 Å². The molecule has 0 aliphatic carbocycles. The van der Waals surface area contributed by atoms with Gasteiger partial charge in [-0.05, 0) is 62.2 Å². The smallest absolute Gasteiger partial charge is 0.409 e. The van der Waals surface area contributed by atoms with Crippen LogP contribution in [0.3, 0.4) is 0 Å². The Morgan fingerprint density at radius 2 is 1.72 bits per heavy atom. The van der Waals surface area contributed by atoms with E-state index in [1.165, 1.54) is 44.8 Å². The first-order chi connectivity index (χ1) is 17.2. The number of sulfonamides is 1. The van der Waals surface area contributed by atoms with Gasteiger partial charge in [-0.3, -0.25) is 4.79 Å². The van der Waals surface area contributed by atoms with Crippen LogP contribution in [0, 0.1) is 6.92 Å². The number of thiazole rings is 1. The predicted molar refractivity (Wildman–Crippen MR) is 139 cm³/mol. The molecule has 2 amide bonds. The Bertz CT molecular complexity index is 1430. The van der Waals surface area contributed by atoms with E-state index >= 15 is 0 Å². The summed E-state index contributed by atoms with van der Waals surface area (Å²) < 4.78 is 35.6. The molecule has 11 heteroatoms. The van der Waals surface area contributed by atoms with Crippen molar-refractivity contribution in [2.24, 2.45) is 4.99 Å². The molecule has 0 atom stereocenters. The molecule has 4 rings (SSSR count). The third-order valence-electron chi connectivity index (χ3n) is 5.99. The van der Waals surface area contributed by atoms with Gasteiger partial charge in [-0.25, -0.2) is 13.2 Å². The lowest BCUT2D eigenvalue weighted by atomic mass is 10.2. The molecular weight excluding hydrogens is 500 g/mol. The second kappa shape index (κ2) is 10.9. The van der Waals surface area contributed by atoms with E-state index in [1.807, 2.05) is 23.6 Å². The molecule has 0 saturated carbocycles. The summed E-state index contributed by atoms with van der Waals surface area (Å²) in [6, 6.07) is 12.0. The van der Waals surface area contributed by atoms with E-state index in [9.17, 15) is 18.0 Å². The molecule has 0 radical (unpaired) electrons. The van der Waals surface area contributed by atoms with Crippen molar-refractivity contribution in [1.82, 2.24) is 13.8 Å². The highest BCUT2D eigenvalue weighted by Crippen LogP contribution is 2.21. The fourth-order valence-corrected chi connectivity index (χ4v) is 6.68. The topological polar surface area (TPSA) is 101 Å². The van der Waals surface area contributed by atoms with Crippen LogP contribution in [0.4, 0.5) is 4.79 Å². The predicted octanol–water partition coefficient (Wildman–Crippen LogP) is 3.63. The Morgan fingerprint density at radius 3 is 2.36 bits per heavy atom. The van der Waals surface area contributed by atoms with Crippen molar-refractivity contribution in [3.05, 3.63) is 58.4 Å². The van der Waals surface area contributed by atoms with Crippen molar-refractivity contribution in [2.75, 3.05) is 32.8 Å². The van der Waals surface area contributed by atoms with Gasteiger partial charge in [0.15, 0.2) is 4.80 Å². The number of rotatable bonds is 6. The zero-order valence-electron chi connectivity index (χ0n) is 20.6. The molecule has 2 heterocycles. The van der Waals surface area contributed by atoms with Crippen molar-refractivity contribution in [3.8, 4) is 0 Å². The van der Waals surface area contributed by atoms with Crippen LogP contribution in [0.25, 0.3) is 10.2 Å². The lowest BCUT2D eigenvalue weighted by Gasteiger charge is -2.33. The van der Waals surface area contributed by atoms with Crippen LogP contribution >= 0.6 is 11.3 Å². The highest BCUT2D eigenvalue weighted by Gasteiger charge is 2.30. The summed E-state index contributed by atoms with van der Waals surface area (Å²) in [4.78, 5) is 31.4. The number of aromatic nitrogens is 1. The van der Waals surface area contributed by atoms with Crippen molar-refractivity contribution in [3.63, 3.8) is 0 Å². The van der Waals surface area contributed by atoms with E-state index in [-0.39, 0.29) is 37.7 Å². The highest BCUT2D eigenvalue weighted by molar-refractivity contribution is 7.89. The maximum absolute atomic E-state index is 13.1. The second-order valence-corrected chi connectivity index (χ2v) is 11.5. The summed E-state index contributed by atoms with van der Waals surface area (Å²) >= 11 is 1.47. The van der Waals surface area contributed by atoms with Crippen molar-refractivity contribution in [1.29, 1.82) is 0 Å². The quantitative estimate of drug-likeness (QED) is 0.485. The fraction of sp³-hybridized carbons (Fsp3) is 0.400. The van der Waals surface area contributed by atoms with Gasteiger partial charge in [-0.2, -0.15) is 9.30 Å². The minimum atomic E-state index is -3.75. The molecule has 0 unspecified atom stereocenters. The van der Waals surface area contributed by atoms with Gasteiger partial charge in [0.25, 0.3) is 5.91 Å². The number of hydrogen-bond donors (Lipinski definition) is 0. The van der Waals surface area contributed by atoms with Crippen LogP contribution < -0.4 is 4.80 Å². The number of ether oxygens (including phenoxy) is 1. The molecule has 1 aliphatic heterocycles. The van der Waals surface area contributed by atoms with Gasteiger partial charge in [0.2, 0.25) is 10.0 Å². The van der Waals surface area contributed by atoms with Gasteiger partial charge in [0.05, 0.1) is 21.7 Å². The average molecular weight is 531 g/mol. The highest BCUT2D eigenvalue weighted by atomic mass is 32.2. The standard InChI is InChI=1S/C25H30N4O5S2/c1-4-12-29-21-11-6-18(3)17-22(21)35-24(29)26-23(30)19-7-9-20(10-8-19)36(32,33)28-15-13-27(14-16-28)25(31)34-5-2/h6-11,17H,4-5,12-16H2,1-3H3. The van der Waals surface area contributed by atoms with Crippen LogP contribution in [0.1, 0.15) is 36.2 Å². The lowest BCUT2D eigenvalue weighted by Crippen LogP contribution is -2.50. The number of carbonyl (C=O) groups is 2. The van der Waals surface area contributed by atoms with E-state index in [4.69, 9.17) is 4.74 Å². The largest absolute Gasteiger partial charge is 0.450 e. The molecule has 1 fully saturated rings. The minimum Gasteiger partial charge on any atom is -0.450 e. The number of fused-ring (bicyclic) bond motifs is 1. The molecule has 0 N–H and O–H groups in total. The summed E-state index contributed by atoms with van der Waals surface area (Å²) in [5.41, 5.74) is 2.51. The normalized spacial score (nSPS) is 15.4. The number of benzene rings is 2. The van der Waals surface area contributed by atoms with Crippen LogP contribution in [-0.4, -0.2) is 67.0 Å². The molecule has 192 valence electrons. The average Bonchev–Trinajstić information content (AvgIpc) is 3.20. The molecule has 0 bridgehead atoms. The first-order valence-corrected chi connectivity index (χ1v) is 14.2. The van der Waals surface area contributed by atoms with Crippen LogP contribution in [-0.2, 0) is 21.3 Å². The van der Waals surface area contributed by atoms with Gasteiger partial charge in [0, 0.05) is 38.3 Å². The second-order valence-electron chi connectivity index (χ2n) is 8.54. The number of carbonyl (C=O) groups excluding carboxylic acids is 2. The van der Waals surface area contributed by atoms with Crippen molar-refractivity contribution >= 4 is 43.6 Å². The Morgan fingerprint density at radius 1 is 1.03 bits per heavy atom. The molecule has 3 aromatic rings. The maximum Gasteiger partial charge on any atom is 0.409 e. The molecule has 36 heavy (non-hydrogen) atoms. The number of nitrogens with zero attached hydrogens (tertiary/aromatic N) is 4. The monoisotopic (exact) mass is 530 g/mol. The fourth-order valence-electron chi connectivity index (χ4n) is 4.10. The molecule has 1 aliphatic rings. The zero-order chi connectivity index (χ0) is 25.9. The van der Waals surface area contributed by atoms with E-state index in [1.54, 1.807) is 6.92 Å². The van der Waals surface area contributed by atoms with Gasteiger partial charge in [-0.15, -0.1) is 0 Å². The molecular formula is C25H30N4O5S2. The number of aryl methyl sites for hydroxylation is 2. The Labute approximate surface area is 214 Å². The van der Waals surface area contributed by atoms with Gasteiger partial charge >= 0.3 is 6.09 Å². The number of piperazine rings is 1. The third-order valence-corrected chi connectivity index (χ3v) is 8.94. The van der Waals surface area contributed by atoms with E-state index in [0.717, 1.165) is 28.7 Å². The zero-order valence-corrected chi connectivity index (χ0v) is 22.3.